The van der Waals surface area contributed by atoms with Crippen LogP contribution in [-0.2, 0) is 11.3 Å². The van der Waals surface area contributed by atoms with Gasteiger partial charge in [-0.2, -0.15) is 0 Å². The van der Waals surface area contributed by atoms with Crippen LogP contribution in [0, 0.1) is 0 Å². The molecule has 1 aromatic heterocycles. The van der Waals surface area contributed by atoms with Crippen LogP contribution in [0.4, 0.5) is 0 Å². The Morgan fingerprint density at radius 3 is 2.91 bits per heavy atom. The van der Waals surface area contributed by atoms with Crippen molar-refractivity contribution < 1.29 is 14.3 Å². The quantitative estimate of drug-likeness (QED) is 0.444. The molecule has 0 unspecified atom stereocenters. The average molecular weight is 314 g/mol. The summed E-state index contributed by atoms with van der Waals surface area (Å²) in [6.45, 7) is 4.30. The Balaban J connectivity index is 2.19. The van der Waals surface area contributed by atoms with Gasteiger partial charge in [0.2, 0.25) is 5.88 Å². The number of benzene rings is 1. The molecule has 0 aliphatic rings. The minimum absolute atomic E-state index is 0.238. The van der Waals surface area contributed by atoms with E-state index in [2.05, 4.69) is 16.4 Å². The highest BCUT2D eigenvalue weighted by Gasteiger charge is 2.07. The van der Waals surface area contributed by atoms with Crippen molar-refractivity contribution in [2.45, 2.75) is 13.0 Å². The lowest BCUT2D eigenvalue weighted by molar-refractivity contribution is 0.0600. The molecule has 0 aliphatic heterocycles. The third-order valence-electron chi connectivity index (χ3n) is 3.09. The third kappa shape index (κ3) is 4.54. The lowest BCUT2D eigenvalue weighted by atomic mass is 10.1. The minimum atomic E-state index is -0.423. The normalized spacial score (nSPS) is 10.1. The van der Waals surface area contributed by atoms with E-state index < -0.39 is 5.97 Å². The monoisotopic (exact) mass is 314 g/mol. The molecule has 0 fully saturated rings. The van der Waals surface area contributed by atoms with E-state index in [4.69, 9.17) is 4.74 Å². The van der Waals surface area contributed by atoms with Crippen LogP contribution in [0.15, 0.2) is 53.8 Å². The highest BCUT2D eigenvalue weighted by atomic mass is 16.5. The number of esters is 1. The first-order chi connectivity index (χ1) is 11.1. The molecule has 0 N–H and O–H groups in total. The van der Waals surface area contributed by atoms with Crippen molar-refractivity contribution in [1.82, 2.24) is 9.78 Å². The standard InChI is InChI=1S/C17H18N2O4/c1-3-4-10-23-15-8-9-16(20)19(18-15)12-13-6-5-7-14(11-13)17(21)22-2/h3,5-9,11H,1,4,10,12H2,2H3. The second-order valence-electron chi connectivity index (χ2n) is 4.79. The molecule has 0 atom stereocenters. The van der Waals surface area contributed by atoms with Gasteiger partial charge < -0.3 is 9.47 Å². The fourth-order valence-electron chi connectivity index (χ4n) is 1.95. The molecular weight excluding hydrogens is 296 g/mol. The van der Waals surface area contributed by atoms with Gasteiger partial charge in [0.25, 0.3) is 5.56 Å². The van der Waals surface area contributed by atoms with Gasteiger partial charge in [-0.25, -0.2) is 9.48 Å². The van der Waals surface area contributed by atoms with Crippen LogP contribution < -0.4 is 10.3 Å². The lowest BCUT2D eigenvalue weighted by Crippen LogP contribution is -2.23. The fraction of sp³-hybridized carbons (Fsp3) is 0.235. The topological polar surface area (TPSA) is 70.4 Å². The zero-order chi connectivity index (χ0) is 16.7. The maximum Gasteiger partial charge on any atom is 0.337 e. The number of hydrogen-bond acceptors (Lipinski definition) is 5. The van der Waals surface area contributed by atoms with Crippen molar-refractivity contribution in [1.29, 1.82) is 0 Å². The van der Waals surface area contributed by atoms with E-state index in [0.717, 1.165) is 5.56 Å². The maximum atomic E-state index is 11.9. The van der Waals surface area contributed by atoms with E-state index in [0.29, 0.717) is 24.5 Å². The van der Waals surface area contributed by atoms with E-state index in [-0.39, 0.29) is 12.1 Å². The Morgan fingerprint density at radius 1 is 1.35 bits per heavy atom. The van der Waals surface area contributed by atoms with Crippen molar-refractivity contribution in [2.24, 2.45) is 0 Å². The number of methoxy groups -OCH3 is 1. The molecule has 0 saturated carbocycles. The molecule has 2 rings (SSSR count). The molecule has 2 aromatic rings. The van der Waals surface area contributed by atoms with Gasteiger partial charge in [-0.1, -0.05) is 18.2 Å². The molecule has 23 heavy (non-hydrogen) atoms. The predicted octanol–water partition coefficient (Wildman–Crippen LogP) is 2.03. The molecule has 1 heterocycles. The predicted molar refractivity (Wildman–Crippen MR) is 85.7 cm³/mol. The van der Waals surface area contributed by atoms with Crippen LogP contribution in [-0.4, -0.2) is 29.5 Å². The molecule has 0 amide bonds. The van der Waals surface area contributed by atoms with Crippen LogP contribution in [0.25, 0.3) is 0 Å². The number of rotatable bonds is 7. The van der Waals surface area contributed by atoms with Crippen molar-refractivity contribution in [3.05, 3.63) is 70.5 Å². The summed E-state index contributed by atoms with van der Waals surface area (Å²) < 4.78 is 11.4. The van der Waals surface area contributed by atoms with Crippen molar-refractivity contribution in [2.75, 3.05) is 13.7 Å². The smallest absolute Gasteiger partial charge is 0.337 e. The highest BCUT2D eigenvalue weighted by Crippen LogP contribution is 2.09. The summed E-state index contributed by atoms with van der Waals surface area (Å²) in [6, 6.07) is 9.81. The van der Waals surface area contributed by atoms with Crippen LogP contribution in [0.5, 0.6) is 5.88 Å². The first-order valence-electron chi connectivity index (χ1n) is 7.13. The van der Waals surface area contributed by atoms with Gasteiger partial charge in [0.05, 0.1) is 25.8 Å². The van der Waals surface area contributed by atoms with Gasteiger partial charge >= 0.3 is 5.97 Å². The maximum absolute atomic E-state index is 11.9. The summed E-state index contributed by atoms with van der Waals surface area (Å²) in [5.41, 5.74) is 0.951. The van der Waals surface area contributed by atoms with Crippen molar-refractivity contribution in [3.63, 3.8) is 0 Å². The summed E-state index contributed by atoms with van der Waals surface area (Å²) in [7, 11) is 1.32. The van der Waals surface area contributed by atoms with Crippen LogP contribution in [0.1, 0.15) is 22.3 Å². The SMILES string of the molecule is C=CCCOc1ccc(=O)n(Cc2cccc(C(=O)OC)c2)n1. The molecule has 0 saturated heterocycles. The number of ether oxygens (including phenoxy) is 2. The highest BCUT2D eigenvalue weighted by molar-refractivity contribution is 5.89. The molecule has 0 aliphatic carbocycles. The van der Waals surface area contributed by atoms with Crippen LogP contribution >= 0.6 is 0 Å². The molecule has 0 radical (unpaired) electrons. The number of hydrogen-bond donors (Lipinski definition) is 0. The number of carbonyl (C=O) groups is 1. The van der Waals surface area contributed by atoms with Gasteiger partial charge in [0, 0.05) is 12.1 Å². The lowest BCUT2D eigenvalue weighted by Gasteiger charge is -2.09. The Hall–Kier alpha value is -2.89. The fourth-order valence-corrected chi connectivity index (χ4v) is 1.95. The third-order valence-corrected chi connectivity index (χ3v) is 3.09. The van der Waals surface area contributed by atoms with Gasteiger partial charge in [0.15, 0.2) is 0 Å². The van der Waals surface area contributed by atoms with E-state index >= 15 is 0 Å². The van der Waals surface area contributed by atoms with E-state index in [1.807, 2.05) is 6.07 Å². The van der Waals surface area contributed by atoms with Gasteiger partial charge in [-0.15, -0.1) is 11.7 Å². The molecule has 6 heteroatoms. The number of carbonyl (C=O) groups excluding carboxylic acids is 1. The summed E-state index contributed by atoms with van der Waals surface area (Å²) >= 11 is 0. The van der Waals surface area contributed by atoms with E-state index in [1.54, 1.807) is 24.3 Å². The zero-order valence-corrected chi connectivity index (χ0v) is 12.9. The molecule has 1 aromatic carbocycles. The zero-order valence-electron chi connectivity index (χ0n) is 12.9. The number of aromatic nitrogens is 2. The molecule has 0 bridgehead atoms. The first-order valence-corrected chi connectivity index (χ1v) is 7.13. The summed E-state index contributed by atoms with van der Waals surface area (Å²) in [5, 5.41) is 4.17. The second-order valence-corrected chi connectivity index (χ2v) is 4.79. The van der Waals surface area contributed by atoms with Gasteiger partial charge in [-0.3, -0.25) is 4.79 Å². The molecule has 0 spiro atoms. The first kappa shape index (κ1) is 16.5. The van der Waals surface area contributed by atoms with Gasteiger partial charge in [-0.05, 0) is 24.1 Å². The van der Waals surface area contributed by atoms with E-state index in [9.17, 15) is 9.59 Å². The molecular formula is C17H18N2O4. The minimum Gasteiger partial charge on any atom is -0.476 e. The Kier molecular flexibility index (Phi) is 5.68. The second kappa shape index (κ2) is 7.93. The average Bonchev–Trinajstić information content (AvgIpc) is 2.57. The van der Waals surface area contributed by atoms with E-state index in [1.165, 1.54) is 23.9 Å². The van der Waals surface area contributed by atoms with Crippen molar-refractivity contribution >= 4 is 5.97 Å². The van der Waals surface area contributed by atoms with Gasteiger partial charge in [0.1, 0.15) is 0 Å². The van der Waals surface area contributed by atoms with Crippen LogP contribution in [0.2, 0.25) is 0 Å². The van der Waals surface area contributed by atoms with Crippen LogP contribution in [0.3, 0.4) is 0 Å². The summed E-state index contributed by atoms with van der Waals surface area (Å²) in [5.74, 6) is -0.0516. The molecule has 120 valence electrons. The Labute approximate surface area is 134 Å². The largest absolute Gasteiger partial charge is 0.476 e. The Morgan fingerprint density at radius 2 is 2.17 bits per heavy atom. The summed E-state index contributed by atoms with van der Waals surface area (Å²) in [4.78, 5) is 23.5. The summed E-state index contributed by atoms with van der Waals surface area (Å²) in [6.07, 6.45) is 2.44. The Bertz CT molecular complexity index is 752. The number of nitrogens with zero attached hydrogens (tertiary/aromatic N) is 2. The molecule has 6 nitrogen and oxygen atoms in total. The van der Waals surface area contributed by atoms with Crippen molar-refractivity contribution in [3.8, 4) is 5.88 Å².